The summed E-state index contributed by atoms with van der Waals surface area (Å²) in [5.41, 5.74) is 3.55. The molecule has 0 bridgehead atoms. The van der Waals surface area contributed by atoms with Gasteiger partial charge in [-0.2, -0.15) is 0 Å². The molecule has 5 rings (SSSR count). The number of likely N-dealkylation sites (tertiary alicyclic amines) is 1. The zero-order valence-corrected chi connectivity index (χ0v) is 21.9. The predicted octanol–water partition coefficient (Wildman–Crippen LogP) is 4.37. The first kappa shape index (κ1) is 26.4. The molecule has 0 aliphatic carbocycles. The van der Waals surface area contributed by atoms with Gasteiger partial charge in [0.05, 0.1) is 17.9 Å². The number of hydrogen-bond donors (Lipinski definition) is 2. The monoisotopic (exact) mass is 536 g/mol. The molecule has 1 aromatic carbocycles. The van der Waals surface area contributed by atoms with E-state index < -0.39 is 24.0 Å². The number of aromatic carboxylic acids is 1. The lowest BCUT2D eigenvalue weighted by atomic mass is 9.99. The highest BCUT2D eigenvalue weighted by Gasteiger charge is 2.27. The molecular weight excluding hydrogens is 507 g/mol. The molecule has 10 nitrogen and oxygen atoms in total. The summed E-state index contributed by atoms with van der Waals surface area (Å²) in [5.74, 6) is -1.66. The van der Waals surface area contributed by atoms with Crippen molar-refractivity contribution in [2.75, 3.05) is 26.3 Å². The van der Waals surface area contributed by atoms with Crippen LogP contribution in [0.15, 0.2) is 35.1 Å². The van der Waals surface area contributed by atoms with Crippen molar-refractivity contribution in [1.29, 1.82) is 0 Å². The second kappa shape index (κ2) is 10.5. The van der Waals surface area contributed by atoms with Crippen LogP contribution < -0.4 is 4.74 Å². The van der Waals surface area contributed by atoms with Crippen LogP contribution in [0, 0.1) is 19.7 Å². The highest BCUT2D eigenvalue weighted by molar-refractivity contribution is 5.99. The van der Waals surface area contributed by atoms with Gasteiger partial charge in [-0.05, 0) is 51.8 Å². The van der Waals surface area contributed by atoms with Gasteiger partial charge in [-0.3, -0.25) is 4.79 Å². The number of amides is 1. The number of halogens is 1. The third-order valence-electron chi connectivity index (χ3n) is 7.23. The van der Waals surface area contributed by atoms with Crippen molar-refractivity contribution in [3.63, 3.8) is 0 Å². The van der Waals surface area contributed by atoms with Gasteiger partial charge >= 0.3 is 5.97 Å². The Labute approximate surface area is 223 Å². The van der Waals surface area contributed by atoms with Crippen LogP contribution in [0.25, 0.3) is 33.3 Å². The Balaban J connectivity index is 1.69. The Bertz CT molecular complexity index is 1550. The van der Waals surface area contributed by atoms with Crippen LogP contribution in [-0.2, 0) is 4.79 Å². The topological polar surface area (TPSA) is 131 Å². The number of nitrogens with zero attached hydrogens (tertiary/aromatic N) is 4. The maximum absolute atomic E-state index is 15.0. The van der Waals surface area contributed by atoms with Crippen LogP contribution in [0.4, 0.5) is 4.39 Å². The van der Waals surface area contributed by atoms with Crippen LogP contribution in [0.5, 0.6) is 5.75 Å². The Hall–Kier alpha value is -4.25. The summed E-state index contributed by atoms with van der Waals surface area (Å²) in [6, 6.07) is 4.35. The fourth-order valence-electron chi connectivity index (χ4n) is 5.35. The molecule has 0 spiro atoms. The number of benzene rings is 1. The van der Waals surface area contributed by atoms with Crippen molar-refractivity contribution in [2.45, 2.75) is 39.7 Å². The number of aryl methyl sites for hydroxylation is 2. The molecule has 3 aromatic heterocycles. The lowest BCUT2D eigenvalue weighted by molar-refractivity contribution is -0.135. The second-order valence-corrected chi connectivity index (χ2v) is 9.58. The minimum absolute atomic E-state index is 0.0000836. The first-order chi connectivity index (χ1) is 18.7. The van der Waals surface area contributed by atoms with Gasteiger partial charge in [-0.1, -0.05) is 5.16 Å². The van der Waals surface area contributed by atoms with Crippen molar-refractivity contribution in [3.8, 4) is 28.0 Å². The Morgan fingerprint density at radius 2 is 1.92 bits per heavy atom. The van der Waals surface area contributed by atoms with Gasteiger partial charge in [0.2, 0.25) is 5.91 Å². The summed E-state index contributed by atoms with van der Waals surface area (Å²) < 4.78 is 28.2. The Morgan fingerprint density at radius 1 is 1.18 bits per heavy atom. The number of carbonyl (C=O) groups is 2. The summed E-state index contributed by atoms with van der Waals surface area (Å²) in [6.07, 6.45) is 4.93. The number of carboxylic acid groups (broad SMARTS) is 1. The van der Waals surface area contributed by atoms with Gasteiger partial charge in [-0.15, -0.1) is 0 Å². The van der Waals surface area contributed by atoms with E-state index in [0.29, 0.717) is 54.2 Å². The molecule has 0 unspecified atom stereocenters. The number of ether oxygens (including phenoxy) is 1. The van der Waals surface area contributed by atoms with Gasteiger partial charge in [0.25, 0.3) is 0 Å². The number of fused-ring (bicyclic) bond motifs is 1. The van der Waals surface area contributed by atoms with Crippen LogP contribution in [-0.4, -0.2) is 68.0 Å². The zero-order chi connectivity index (χ0) is 27.8. The van der Waals surface area contributed by atoms with Gasteiger partial charge in [0, 0.05) is 59.2 Å². The minimum Gasteiger partial charge on any atom is -0.493 e. The Morgan fingerprint density at radius 3 is 2.54 bits per heavy atom. The van der Waals surface area contributed by atoms with Crippen molar-refractivity contribution in [1.82, 2.24) is 19.6 Å². The number of hydrogen-bond acceptors (Lipinski definition) is 7. The Kier molecular flexibility index (Phi) is 7.09. The minimum atomic E-state index is -1.38. The van der Waals surface area contributed by atoms with E-state index in [1.807, 2.05) is 30.7 Å². The van der Waals surface area contributed by atoms with E-state index in [1.165, 1.54) is 12.1 Å². The van der Waals surface area contributed by atoms with E-state index in [-0.39, 0.29) is 24.3 Å². The van der Waals surface area contributed by atoms with E-state index in [4.69, 9.17) is 14.2 Å². The lowest BCUT2D eigenvalue weighted by Gasteiger charge is -2.32. The summed E-state index contributed by atoms with van der Waals surface area (Å²) in [6.45, 7) is 6.15. The van der Waals surface area contributed by atoms with Gasteiger partial charge in [0.1, 0.15) is 29.6 Å². The average molecular weight is 537 g/mol. The molecule has 1 aliphatic rings. The van der Waals surface area contributed by atoms with Crippen molar-refractivity contribution in [3.05, 3.63) is 53.4 Å². The number of aliphatic hydroxyl groups is 1. The molecular formula is C28H29FN4O6. The van der Waals surface area contributed by atoms with Gasteiger partial charge in [-0.25, -0.2) is 14.2 Å². The average Bonchev–Trinajstić information content (AvgIpc) is 3.47. The number of piperidine rings is 1. The summed E-state index contributed by atoms with van der Waals surface area (Å²) in [5, 5.41) is 23.5. The number of pyridine rings is 1. The predicted molar refractivity (Wildman–Crippen MR) is 140 cm³/mol. The third-order valence-corrected chi connectivity index (χ3v) is 7.23. The molecule has 204 valence electrons. The third kappa shape index (κ3) is 4.74. The van der Waals surface area contributed by atoms with E-state index in [2.05, 4.69) is 5.16 Å². The largest absolute Gasteiger partial charge is 0.493 e. The number of rotatable bonds is 7. The summed E-state index contributed by atoms with van der Waals surface area (Å²) in [4.78, 5) is 30.0. The van der Waals surface area contributed by atoms with Gasteiger partial charge < -0.3 is 28.9 Å². The van der Waals surface area contributed by atoms with Crippen molar-refractivity contribution < 1.29 is 33.5 Å². The zero-order valence-electron chi connectivity index (χ0n) is 21.9. The molecule has 1 fully saturated rings. The molecule has 0 atom stereocenters. The van der Waals surface area contributed by atoms with Crippen LogP contribution in [0.1, 0.15) is 47.6 Å². The quantitative estimate of drug-likeness (QED) is 0.356. The normalized spacial score (nSPS) is 14.2. The summed E-state index contributed by atoms with van der Waals surface area (Å²) >= 11 is 0. The number of carboxylic acids is 1. The summed E-state index contributed by atoms with van der Waals surface area (Å²) in [7, 11) is 0. The molecule has 1 aliphatic heterocycles. The van der Waals surface area contributed by atoms with Gasteiger partial charge in [0.15, 0.2) is 0 Å². The van der Waals surface area contributed by atoms with E-state index in [0.717, 1.165) is 16.5 Å². The first-order valence-corrected chi connectivity index (χ1v) is 12.8. The van der Waals surface area contributed by atoms with Crippen LogP contribution in [0.3, 0.4) is 0 Å². The lowest BCUT2D eigenvalue weighted by Crippen LogP contribution is -2.40. The van der Waals surface area contributed by atoms with Crippen molar-refractivity contribution in [2.24, 2.45) is 0 Å². The maximum atomic E-state index is 15.0. The molecule has 0 radical (unpaired) electrons. The second-order valence-electron chi connectivity index (χ2n) is 9.58. The molecule has 11 heteroatoms. The number of carbonyl (C=O) groups excluding carboxylic acids is 1. The van der Waals surface area contributed by atoms with Crippen LogP contribution >= 0.6 is 0 Å². The molecule has 4 heterocycles. The van der Waals surface area contributed by atoms with Crippen LogP contribution in [0.2, 0.25) is 0 Å². The molecule has 39 heavy (non-hydrogen) atoms. The number of aromatic nitrogens is 3. The molecule has 4 aromatic rings. The van der Waals surface area contributed by atoms with E-state index in [9.17, 15) is 24.2 Å². The van der Waals surface area contributed by atoms with Crippen molar-refractivity contribution >= 4 is 22.9 Å². The fraction of sp³-hybridized carbons (Fsp3) is 0.357. The standard InChI is InChI=1S/C28H29FN4O6/c1-4-38-24-11-21(28(36)37)23(29)10-19(24)22-13-33(18-5-7-32(8-6-18)25(35)14-34)27-20(22)9-17(12-30-27)26-15(2)31-39-16(26)3/h9-13,18,34H,4-8,14H2,1-3H3,(H,36,37). The molecule has 0 saturated carbocycles. The molecule has 2 N–H and O–H groups in total. The van der Waals surface area contributed by atoms with E-state index >= 15 is 0 Å². The maximum Gasteiger partial charge on any atom is 0.338 e. The highest BCUT2D eigenvalue weighted by Crippen LogP contribution is 2.41. The smallest absolute Gasteiger partial charge is 0.338 e. The fourth-order valence-corrected chi connectivity index (χ4v) is 5.35. The molecule has 1 amide bonds. The number of aliphatic hydroxyl groups excluding tert-OH is 1. The SMILES string of the molecule is CCOc1cc(C(=O)O)c(F)cc1-c1cn(C2CCN(C(=O)CO)CC2)c2ncc(-c3c(C)noc3C)cc12. The highest BCUT2D eigenvalue weighted by atomic mass is 19.1. The molecule has 1 saturated heterocycles. The van der Waals surface area contributed by atoms with E-state index in [1.54, 1.807) is 18.0 Å². The first-order valence-electron chi connectivity index (χ1n) is 12.8.